The summed E-state index contributed by atoms with van der Waals surface area (Å²) in [5.74, 6) is -0.304. The van der Waals surface area contributed by atoms with Gasteiger partial charge < -0.3 is 34.6 Å². The molecule has 8 heteroatoms. The summed E-state index contributed by atoms with van der Waals surface area (Å²) in [5.41, 5.74) is 0.926. The first-order chi connectivity index (χ1) is 11.0. The molecule has 0 saturated carbocycles. The van der Waals surface area contributed by atoms with E-state index in [-0.39, 0.29) is 5.75 Å². The molecular formula is C15H16O8. The van der Waals surface area contributed by atoms with Gasteiger partial charge in [-0.25, -0.2) is 4.79 Å². The molecule has 0 amide bonds. The monoisotopic (exact) mass is 324 g/mol. The maximum Gasteiger partial charge on any atom is 0.343 e. The molecule has 5 unspecified atom stereocenters. The molecule has 1 saturated heterocycles. The third-order valence-electron chi connectivity index (χ3n) is 3.71. The van der Waals surface area contributed by atoms with Crippen LogP contribution in [0.25, 0.3) is 0 Å². The van der Waals surface area contributed by atoms with E-state index in [1.165, 1.54) is 12.3 Å². The van der Waals surface area contributed by atoms with E-state index in [9.17, 15) is 25.2 Å². The Balaban J connectivity index is 1.72. The van der Waals surface area contributed by atoms with Gasteiger partial charge >= 0.3 is 5.97 Å². The quantitative estimate of drug-likeness (QED) is 0.396. The van der Waals surface area contributed by atoms with E-state index in [0.717, 1.165) is 5.56 Å². The van der Waals surface area contributed by atoms with Crippen molar-refractivity contribution in [2.75, 3.05) is 0 Å². The lowest BCUT2D eigenvalue weighted by Crippen LogP contribution is -2.60. The van der Waals surface area contributed by atoms with Gasteiger partial charge in [0, 0.05) is 6.07 Å². The van der Waals surface area contributed by atoms with E-state index in [0.29, 0.717) is 12.2 Å². The first-order valence-electron chi connectivity index (χ1n) is 7.01. The maximum atomic E-state index is 12.1. The molecule has 1 aromatic rings. The minimum Gasteiger partial charge on any atom is -0.465 e. The molecule has 0 radical (unpaired) electrons. The minimum absolute atomic E-state index is 0.162. The molecule has 8 nitrogen and oxygen atoms in total. The van der Waals surface area contributed by atoms with Gasteiger partial charge in [-0.15, -0.1) is 0 Å². The third-order valence-corrected chi connectivity index (χ3v) is 3.71. The van der Waals surface area contributed by atoms with Crippen LogP contribution in [-0.2, 0) is 16.0 Å². The van der Waals surface area contributed by atoms with Crippen molar-refractivity contribution >= 4 is 5.97 Å². The van der Waals surface area contributed by atoms with Gasteiger partial charge in [0.15, 0.2) is 12.4 Å². The van der Waals surface area contributed by atoms with Gasteiger partial charge in [0.1, 0.15) is 29.8 Å². The Bertz CT molecular complexity index is 628. The van der Waals surface area contributed by atoms with Crippen LogP contribution in [0.3, 0.4) is 0 Å². The fourth-order valence-electron chi connectivity index (χ4n) is 2.40. The summed E-state index contributed by atoms with van der Waals surface area (Å²) in [6.45, 7) is 0. The van der Waals surface area contributed by atoms with Gasteiger partial charge in [-0.2, -0.15) is 0 Å². The zero-order valence-corrected chi connectivity index (χ0v) is 11.9. The first kappa shape index (κ1) is 15.9. The van der Waals surface area contributed by atoms with Crippen LogP contribution in [0.5, 0.6) is 11.5 Å². The zero-order chi connectivity index (χ0) is 16.6. The number of fused-ring (bicyclic) bond motifs is 1. The number of ether oxygens (including phenoxy) is 3. The Labute approximate surface area is 131 Å². The molecule has 0 aromatic heterocycles. The second kappa shape index (κ2) is 6.26. The Morgan fingerprint density at radius 2 is 1.91 bits per heavy atom. The summed E-state index contributed by atoms with van der Waals surface area (Å²) in [4.78, 5) is 12.1. The normalized spacial score (nSPS) is 32.8. The number of carbonyl (C=O) groups is 1. The summed E-state index contributed by atoms with van der Waals surface area (Å²) in [5, 5.41) is 38.2. The summed E-state index contributed by atoms with van der Waals surface area (Å²) in [6.07, 6.45) is -4.53. The zero-order valence-electron chi connectivity index (χ0n) is 11.9. The van der Waals surface area contributed by atoms with Crippen molar-refractivity contribution in [3.8, 4) is 11.5 Å². The van der Waals surface area contributed by atoms with Gasteiger partial charge in [0.2, 0.25) is 0 Å². The second-order valence-electron chi connectivity index (χ2n) is 5.30. The van der Waals surface area contributed by atoms with Crippen molar-refractivity contribution in [1.29, 1.82) is 0 Å². The highest BCUT2D eigenvalue weighted by atomic mass is 16.7. The third kappa shape index (κ3) is 3.07. The number of benzene rings is 1. The Morgan fingerprint density at radius 1 is 1.13 bits per heavy atom. The van der Waals surface area contributed by atoms with Crippen molar-refractivity contribution in [3.05, 3.63) is 36.1 Å². The molecular weight excluding hydrogens is 308 g/mol. The van der Waals surface area contributed by atoms with Crippen LogP contribution in [0.15, 0.2) is 30.5 Å². The Kier molecular flexibility index (Phi) is 4.33. The summed E-state index contributed by atoms with van der Waals surface area (Å²) in [7, 11) is 0. The highest BCUT2D eigenvalue weighted by Crippen LogP contribution is 2.29. The molecule has 2 aliphatic heterocycles. The van der Waals surface area contributed by atoms with E-state index >= 15 is 0 Å². The molecule has 4 N–H and O–H groups in total. The standard InChI is InChI=1S/C15H16O8/c16-10-11(17)13(23-14(19)12(10)18)15(20)22-8-4-3-7-2-1-5-21-9(7)6-8/h1,3-6,10-14,16-19H,2H2. The lowest BCUT2D eigenvalue weighted by Gasteiger charge is -2.36. The fraction of sp³-hybridized carbons (Fsp3) is 0.400. The molecule has 1 aromatic carbocycles. The van der Waals surface area contributed by atoms with Crippen molar-refractivity contribution in [2.24, 2.45) is 0 Å². The van der Waals surface area contributed by atoms with Gasteiger partial charge in [0.25, 0.3) is 0 Å². The number of esters is 1. The van der Waals surface area contributed by atoms with Gasteiger partial charge in [0.05, 0.1) is 6.26 Å². The van der Waals surface area contributed by atoms with Crippen LogP contribution in [-0.4, -0.2) is 57.1 Å². The smallest absolute Gasteiger partial charge is 0.343 e. The largest absolute Gasteiger partial charge is 0.465 e. The molecule has 0 spiro atoms. The number of aliphatic hydroxyl groups excluding tert-OH is 4. The van der Waals surface area contributed by atoms with Crippen LogP contribution in [0.2, 0.25) is 0 Å². The minimum atomic E-state index is -1.80. The molecule has 1 fully saturated rings. The topological polar surface area (TPSA) is 126 Å². The Hall–Kier alpha value is -1.97. The molecule has 2 aliphatic rings. The lowest BCUT2D eigenvalue weighted by atomic mass is 9.99. The van der Waals surface area contributed by atoms with E-state index < -0.39 is 36.7 Å². The highest BCUT2D eigenvalue weighted by Gasteiger charge is 2.47. The molecule has 3 rings (SSSR count). The van der Waals surface area contributed by atoms with Crippen LogP contribution < -0.4 is 9.47 Å². The molecule has 124 valence electrons. The van der Waals surface area contributed by atoms with Crippen molar-refractivity contribution in [1.82, 2.24) is 0 Å². The van der Waals surface area contributed by atoms with Crippen LogP contribution >= 0.6 is 0 Å². The van der Waals surface area contributed by atoms with Gasteiger partial charge in [-0.3, -0.25) is 0 Å². The number of rotatable bonds is 2. The van der Waals surface area contributed by atoms with Crippen molar-refractivity contribution < 1.29 is 39.4 Å². The van der Waals surface area contributed by atoms with Crippen LogP contribution in [0, 0.1) is 0 Å². The number of allylic oxidation sites excluding steroid dienone is 1. The number of hydrogen-bond acceptors (Lipinski definition) is 8. The predicted molar refractivity (Wildman–Crippen MR) is 74.4 cm³/mol. The van der Waals surface area contributed by atoms with E-state index in [4.69, 9.17) is 14.2 Å². The number of aliphatic hydroxyl groups is 4. The summed E-state index contributed by atoms with van der Waals surface area (Å²) < 4.78 is 15.2. The molecule has 2 heterocycles. The van der Waals surface area contributed by atoms with Crippen molar-refractivity contribution in [3.63, 3.8) is 0 Å². The number of carbonyl (C=O) groups excluding carboxylic acids is 1. The average molecular weight is 324 g/mol. The van der Waals surface area contributed by atoms with E-state index in [1.54, 1.807) is 12.1 Å². The number of hydrogen-bond donors (Lipinski definition) is 4. The van der Waals surface area contributed by atoms with Gasteiger partial charge in [-0.05, 0) is 24.1 Å². The first-order valence-corrected chi connectivity index (χ1v) is 7.01. The SMILES string of the molecule is O=C(Oc1ccc2c(c1)OC=CC2)C1OC(O)C(O)C(O)C1O. The summed E-state index contributed by atoms with van der Waals surface area (Å²) in [6, 6.07) is 4.79. The highest BCUT2D eigenvalue weighted by molar-refractivity contribution is 5.78. The lowest BCUT2D eigenvalue weighted by molar-refractivity contribution is -0.279. The Morgan fingerprint density at radius 3 is 2.70 bits per heavy atom. The molecule has 0 bridgehead atoms. The summed E-state index contributed by atoms with van der Waals surface area (Å²) >= 11 is 0. The second-order valence-corrected chi connectivity index (χ2v) is 5.30. The molecule has 0 aliphatic carbocycles. The predicted octanol–water partition coefficient (Wildman–Crippen LogP) is -1.16. The van der Waals surface area contributed by atoms with Crippen LogP contribution in [0.4, 0.5) is 0 Å². The van der Waals surface area contributed by atoms with E-state index in [2.05, 4.69) is 0 Å². The molecule has 23 heavy (non-hydrogen) atoms. The van der Waals surface area contributed by atoms with E-state index in [1.807, 2.05) is 6.08 Å². The van der Waals surface area contributed by atoms with Crippen molar-refractivity contribution in [2.45, 2.75) is 37.1 Å². The average Bonchev–Trinajstić information content (AvgIpc) is 2.56. The van der Waals surface area contributed by atoms with Gasteiger partial charge in [-0.1, -0.05) is 6.07 Å². The van der Waals surface area contributed by atoms with Crippen LogP contribution in [0.1, 0.15) is 5.56 Å². The fourth-order valence-corrected chi connectivity index (χ4v) is 2.40. The maximum absolute atomic E-state index is 12.1. The molecule has 5 atom stereocenters.